The molecule has 0 heterocycles. The van der Waals surface area contributed by atoms with Crippen molar-refractivity contribution < 1.29 is 9.72 Å². The Labute approximate surface area is 86.2 Å². The van der Waals surface area contributed by atoms with Gasteiger partial charge in [0, 0.05) is 23.7 Å². The zero-order valence-electron chi connectivity index (χ0n) is 7.97. The summed E-state index contributed by atoms with van der Waals surface area (Å²) in [6.07, 6.45) is 2.05. The molecule has 1 aliphatic rings. The van der Waals surface area contributed by atoms with Crippen molar-refractivity contribution in [3.05, 3.63) is 39.9 Å². The molecule has 15 heavy (non-hydrogen) atoms. The predicted octanol–water partition coefficient (Wildman–Crippen LogP) is 1.49. The van der Waals surface area contributed by atoms with Gasteiger partial charge in [0.05, 0.1) is 4.92 Å². The second-order valence-corrected chi connectivity index (χ2v) is 3.55. The normalized spacial score (nSPS) is 14.7. The first-order valence-corrected chi connectivity index (χ1v) is 4.72. The molecule has 0 aromatic heterocycles. The Kier molecular flexibility index (Phi) is 2.37. The molecule has 0 saturated heterocycles. The minimum atomic E-state index is -0.484. The van der Waals surface area contributed by atoms with Gasteiger partial charge in [0.1, 0.15) is 0 Å². The number of nitro benzene ring substituents is 1. The van der Waals surface area contributed by atoms with Crippen molar-refractivity contribution in [2.24, 2.45) is 0 Å². The van der Waals surface area contributed by atoms with Crippen molar-refractivity contribution in [3.8, 4) is 0 Å². The lowest BCUT2D eigenvalue weighted by molar-refractivity contribution is -0.384. The Morgan fingerprint density at radius 2 is 1.93 bits per heavy atom. The molecule has 0 aliphatic heterocycles. The highest BCUT2D eigenvalue weighted by Crippen LogP contribution is 2.19. The topological polar surface area (TPSA) is 72.2 Å². The monoisotopic (exact) mass is 206 g/mol. The number of nitrogens with one attached hydrogen (secondary N) is 1. The van der Waals surface area contributed by atoms with Crippen LogP contribution in [0.3, 0.4) is 0 Å². The summed E-state index contributed by atoms with van der Waals surface area (Å²) in [5.41, 5.74) is 0.463. The Bertz CT molecular complexity index is 396. The Balaban J connectivity index is 2.08. The maximum atomic E-state index is 11.5. The second kappa shape index (κ2) is 3.68. The SMILES string of the molecule is O=C(NC1CC1)c1ccc([N+](=O)[O-])cc1. The minimum absolute atomic E-state index is 0.00188. The van der Waals surface area contributed by atoms with Crippen molar-refractivity contribution >= 4 is 11.6 Å². The molecule has 0 unspecified atom stereocenters. The van der Waals surface area contributed by atoms with Crippen LogP contribution in [-0.4, -0.2) is 16.9 Å². The number of hydrogen-bond donors (Lipinski definition) is 1. The number of rotatable bonds is 3. The van der Waals surface area contributed by atoms with Crippen LogP contribution in [0.5, 0.6) is 0 Å². The number of non-ortho nitro benzene ring substituents is 1. The molecule has 2 rings (SSSR count). The maximum absolute atomic E-state index is 11.5. The van der Waals surface area contributed by atoms with Gasteiger partial charge in [0.15, 0.2) is 0 Å². The lowest BCUT2D eigenvalue weighted by Crippen LogP contribution is -2.25. The summed E-state index contributed by atoms with van der Waals surface area (Å²) in [6.45, 7) is 0. The van der Waals surface area contributed by atoms with E-state index in [1.54, 1.807) is 0 Å². The zero-order valence-corrected chi connectivity index (χ0v) is 7.97. The van der Waals surface area contributed by atoms with Crippen LogP contribution in [0.2, 0.25) is 0 Å². The summed E-state index contributed by atoms with van der Waals surface area (Å²) < 4.78 is 0. The van der Waals surface area contributed by atoms with E-state index < -0.39 is 4.92 Å². The highest BCUT2D eigenvalue weighted by atomic mass is 16.6. The molecule has 1 amide bonds. The van der Waals surface area contributed by atoms with E-state index in [-0.39, 0.29) is 11.6 Å². The van der Waals surface area contributed by atoms with Gasteiger partial charge in [-0.05, 0) is 25.0 Å². The van der Waals surface area contributed by atoms with Crippen LogP contribution < -0.4 is 5.32 Å². The molecule has 1 fully saturated rings. The van der Waals surface area contributed by atoms with Gasteiger partial charge in [-0.3, -0.25) is 14.9 Å². The fourth-order valence-electron chi connectivity index (χ4n) is 1.23. The minimum Gasteiger partial charge on any atom is -0.349 e. The van der Waals surface area contributed by atoms with Crippen LogP contribution >= 0.6 is 0 Å². The fourth-order valence-corrected chi connectivity index (χ4v) is 1.23. The Morgan fingerprint density at radius 1 is 1.33 bits per heavy atom. The van der Waals surface area contributed by atoms with Crippen LogP contribution in [-0.2, 0) is 0 Å². The average molecular weight is 206 g/mol. The summed E-state index contributed by atoms with van der Waals surface area (Å²) in [6, 6.07) is 5.91. The maximum Gasteiger partial charge on any atom is 0.269 e. The number of nitrogens with zero attached hydrogens (tertiary/aromatic N) is 1. The molecular formula is C10H10N2O3. The lowest BCUT2D eigenvalue weighted by Gasteiger charge is -2.01. The standard InChI is InChI=1S/C10H10N2O3/c13-10(11-8-3-4-8)7-1-5-9(6-2-7)12(14)15/h1-2,5-6,8H,3-4H2,(H,11,13). The molecule has 0 spiro atoms. The number of nitro groups is 1. The number of carbonyl (C=O) groups excluding carboxylic acids is 1. The first kappa shape index (κ1) is 9.64. The lowest BCUT2D eigenvalue weighted by atomic mass is 10.2. The van der Waals surface area contributed by atoms with E-state index in [1.807, 2.05) is 0 Å². The molecule has 0 radical (unpaired) electrons. The van der Waals surface area contributed by atoms with Crippen molar-refractivity contribution in [2.45, 2.75) is 18.9 Å². The number of benzene rings is 1. The van der Waals surface area contributed by atoms with Crippen LogP contribution in [0, 0.1) is 10.1 Å². The third-order valence-electron chi connectivity index (χ3n) is 2.25. The Morgan fingerprint density at radius 3 is 2.40 bits per heavy atom. The summed E-state index contributed by atoms with van der Waals surface area (Å²) >= 11 is 0. The molecule has 1 aliphatic carbocycles. The first-order chi connectivity index (χ1) is 7.16. The van der Waals surface area contributed by atoms with Crippen molar-refractivity contribution in [2.75, 3.05) is 0 Å². The van der Waals surface area contributed by atoms with E-state index in [0.717, 1.165) is 12.8 Å². The molecule has 0 atom stereocenters. The van der Waals surface area contributed by atoms with E-state index in [2.05, 4.69) is 5.32 Å². The van der Waals surface area contributed by atoms with Gasteiger partial charge in [0.2, 0.25) is 0 Å². The van der Waals surface area contributed by atoms with Crippen LogP contribution in [0.4, 0.5) is 5.69 Å². The molecule has 5 nitrogen and oxygen atoms in total. The fraction of sp³-hybridized carbons (Fsp3) is 0.300. The van der Waals surface area contributed by atoms with Gasteiger partial charge >= 0.3 is 0 Å². The third kappa shape index (κ3) is 2.31. The van der Waals surface area contributed by atoms with Crippen molar-refractivity contribution in [1.29, 1.82) is 0 Å². The summed E-state index contributed by atoms with van der Waals surface area (Å²) in [5, 5.41) is 13.2. The third-order valence-corrected chi connectivity index (χ3v) is 2.25. The van der Waals surface area contributed by atoms with E-state index in [1.165, 1.54) is 24.3 Å². The van der Waals surface area contributed by atoms with Gasteiger partial charge in [-0.1, -0.05) is 0 Å². The highest BCUT2D eigenvalue weighted by molar-refractivity contribution is 5.94. The molecule has 1 N–H and O–H groups in total. The predicted molar refractivity (Wildman–Crippen MR) is 53.6 cm³/mol. The number of carbonyl (C=O) groups is 1. The first-order valence-electron chi connectivity index (χ1n) is 4.72. The average Bonchev–Trinajstić information content (AvgIpc) is 3.02. The summed E-state index contributed by atoms with van der Waals surface area (Å²) in [7, 11) is 0. The van der Waals surface area contributed by atoms with E-state index >= 15 is 0 Å². The van der Waals surface area contributed by atoms with E-state index in [9.17, 15) is 14.9 Å². The van der Waals surface area contributed by atoms with Crippen LogP contribution in [0.1, 0.15) is 23.2 Å². The zero-order chi connectivity index (χ0) is 10.8. The van der Waals surface area contributed by atoms with Gasteiger partial charge in [-0.2, -0.15) is 0 Å². The molecule has 0 bridgehead atoms. The molecule has 78 valence electrons. The van der Waals surface area contributed by atoms with Gasteiger partial charge < -0.3 is 5.32 Å². The molecular weight excluding hydrogens is 196 g/mol. The molecule has 5 heteroatoms. The van der Waals surface area contributed by atoms with E-state index in [4.69, 9.17) is 0 Å². The van der Waals surface area contributed by atoms with Crippen LogP contribution in [0.15, 0.2) is 24.3 Å². The van der Waals surface area contributed by atoms with Gasteiger partial charge in [0.25, 0.3) is 11.6 Å². The van der Waals surface area contributed by atoms with Gasteiger partial charge in [-0.15, -0.1) is 0 Å². The summed E-state index contributed by atoms with van der Waals surface area (Å²) in [5.74, 6) is -0.160. The Hall–Kier alpha value is -1.91. The largest absolute Gasteiger partial charge is 0.349 e. The smallest absolute Gasteiger partial charge is 0.269 e. The van der Waals surface area contributed by atoms with E-state index in [0.29, 0.717) is 11.6 Å². The molecule has 1 aromatic carbocycles. The highest BCUT2D eigenvalue weighted by Gasteiger charge is 2.23. The number of amides is 1. The van der Waals surface area contributed by atoms with Crippen molar-refractivity contribution in [3.63, 3.8) is 0 Å². The summed E-state index contributed by atoms with van der Waals surface area (Å²) in [4.78, 5) is 21.4. The quantitative estimate of drug-likeness (QED) is 0.601. The number of hydrogen-bond acceptors (Lipinski definition) is 3. The van der Waals surface area contributed by atoms with Gasteiger partial charge in [-0.25, -0.2) is 0 Å². The van der Waals surface area contributed by atoms with Crippen LogP contribution in [0.25, 0.3) is 0 Å². The van der Waals surface area contributed by atoms with Crippen molar-refractivity contribution in [1.82, 2.24) is 5.32 Å². The molecule has 1 saturated carbocycles. The second-order valence-electron chi connectivity index (χ2n) is 3.55. The molecule has 1 aromatic rings.